The number of thioether (sulfide) groups is 1. The van der Waals surface area contributed by atoms with Crippen LogP contribution in [0.5, 0.6) is 0 Å². The number of aliphatic imine (C=N–C) groups is 1. The topological polar surface area (TPSA) is 121 Å². The number of carbonyl (C=O) groups excluding carboxylic acids is 2. The zero-order valence-electron chi connectivity index (χ0n) is 17.8. The maximum Gasteiger partial charge on any atom is 0.315 e. The number of carbonyl (C=O) groups is 2. The molecule has 5 heterocycles. The molecule has 10 nitrogen and oxygen atoms in total. The van der Waals surface area contributed by atoms with Crippen LogP contribution in [0.1, 0.15) is 32.6 Å². The van der Waals surface area contributed by atoms with E-state index in [1.54, 1.807) is 30.9 Å². The molecule has 5 rings (SSSR count). The Morgan fingerprint density at radius 1 is 1.27 bits per heavy atom. The normalized spacial score (nSPS) is 14.8. The number of rotatable bonds is 1. The number of aromatic nitrogens is 6. The first-order chi connectivity index (χ1) is 15.9. The number of imidazole rings is 1. The predicted molar refractivity (Wildman–Crippen MR) is 125 cm³/mol. The molecule has 0 saturated heterocycles. The smallest absolute Gasteiger partial charge is 0.315 e. The molecule has 0 radical (unpaired) electrons. The van der Waals surface area contributed by atoms with Crippen LogP contribution in [0.4, 0.5) is 5.00 Å². The maximum absolute atomic E-state index is 13.0. The van der Waals surface area contributed by atoms with Crippen LogP contribution in [-0.4, -0.2) is 60.1 Å². The molecule has 12 heteroatoms. The highest BCUT2D eigenvalue weighted by Crippen LogP contribution is 2.43. The number of amides is 2. The second-order valence-electron chi connectivity index (χ2n) is 7.15. The molecule has 0 fully saturated rings. The van der Waals surface area contributed by atoms with Crippen LogP contribution >= 0.6 is 23.1 Å². The average Bonchev–Trinajstić information content (AvgIpc) is 3.50. The average molecular weight is 477 g/mol. The van der Waals surface area contributed by atoms with Crippen LogP contribution in [0.25, 0.3) is 5.65 Å². The lowest BCUT2D eigenvalue weighted by Gasteiger charge is -2.13. The lowest BCUT2D eigenvalue weighted by Crippen LogP contribution is -2.33. The largest absolute Gasteiger partial charge is 0.321 e. The summed E-state index contributed by atoms with van der Waals surface area (Å²) in [6, 6.07) is 3.68. The number of nitrogens with zero attached hydrogens (tertiary/aromatic N) is 7. The van der Waals surface area contributed by atoms with E-state index in [9.17, 15) is 9.59 Å². The quantitative estimate of drug-likeness (QED) is 0.418. The van der Waals surface area contributed by atoms with Crippen molar-refractivity contribution in [1.29, 1.82) is 0 Å². The Morgan fingerprint density at radius 3 is 2.91 bits per heavy atom. The molecule has 4 aromatic heterocycles. The van der Waals surface area contributed by atoms with E-state index in [0.29, 0.717) is 11.5 Å². The fourth-order valence-electron chi connectivity index (χ4n) is 3.21. The Hall–Kier alpha value is -3.82. The van der Waals surface area contributed by atoms with E-state index >= 15 is 0 Å². The van der Waals surface area contributed by atoms with Crippen LogP contribution in [0.2, 0.25) is 0 Å². The molecule has 0 aromatic carbocycles. The minimum Gasteiger partial charge on any atom is -0.321 e. The molecule has 2 amide bonds. The minimum atomic E-state index is -0.622. The van der Waals surface area contributed by atoms with Crippen molar-refractivity contribution in [1.82, 2.24) is 29.8 Å². The Bertz CT molecular complexity index is 1520. The van der Waals surface area contributed by atoms with Gasteiger partial charge in [-0.3, -0.25) is 9.59 Å². The Kier molecular flexibility index (Phi) is 5.27. The Balaban J connectivity index is 1.44. The summed E-state index contributed by atoms with van der Waals surface area (Å²) in [6.07, 6.45) is 3.37. The molecular weight excluding hydrogens is 460 g/mol. The number of thiophene rings is 1. The molecular formula is C21H16N8O2S2. The SMILES string of the molecule is Cc1nnc(C(=O)/N=C2\CSc3c(sc(C#Cc4cnc5cccnn45)c3C)N(C)C2=O)[nH]1. The zero-order valence-corrected chi connectivity index (χ0v) is 19.4. The lowest BCUT2D eigenvalue weighted by atomic mass is 10.2. The van der Waals surface area contributed by atoms with Crippen molar-refractivity contribution >= 4 is 51.3 Å². The molecule has 4 aromatic rings. The van der Waals surface area contributed by atoms with E-state index in [2.05, 4.69) is 42.1 Å². The highest BCUT2D eigenvalue weighted by Gasteiger charge is 2.30. The monoisotopic (exact) mass is 476 g/mol. The third kappa shape index (κ3) is 3.81. The number of aromatic amines is 1. The van der Waals surface area contributed by atoms with Crippen LogP contribution in [0.3, 0.4) is 0 Å². The number of hydrogen-bond donors (Lipinski definition) is 1. The number of fused-ring (bicyclic) bond motifs is 2. The van der Waals surface area contributed by atoms with Gasteiger partial charge in [-0.1, -0.05) is 0 Å². The van der Waals surface area contributed by atoms with E-state index in [1.165, 1.54) is 28.0 Å². The number of H-pyrrole nitrogens is 1. The molecule has 1 aliphatic heterocycles. The van der Waals surface area contributed by atoms with Crippen molar-refractivity contribution in [2.45, 2.75) is 18.7 Å². The van der Waals surface area contributed by atoms with Gasteiger partial charge in [0.1, 0.15) is 22.2 Å². The zero-order chi connectivity index (χ0) is 23.1. The van der Waals surface area contributed by atoms with Crippen molar-refractivity contribution in [2.75, 3.05) is 17.7 Å². The van der Waals surface area contributed by atoms with E-state index in [1.807, 2.05) is 19.1 Å². The van der Waals surface area contributed by atoms with Gasteiger partial charge in [-0.05, 0) is 43.4 Å². The van der Waals surface area contributed by atoms with Gasteiger partial charge in [-0.15, -0.1) is 33.3 Å². The number of nitrogens with one attached hydrogen (secondary N) is 1. The first-order valence-corrected chi connectivity index (χ1v) is 11.6. The second kappa shape index (κ2) is 8.27. The Morgan fingerprint density at radius 2 is 2.12 bits per heavy atom. The van der Waals surface area contributed by atoms with Gasteiger partial charge >= 0.3 is 5.91 Å². The fraction of sp³-hybridized carbons (Fsp3) is 0.190. The molecule has 1 N–H and O–H groups in total. The van der Waals surface area contributed by atoms with Gasteiger partial charge in [0.05, 0.1) is 11.1 Å². The van der Waals surface area contributed by atoms with Crippen LogP contribution in [0.15, 0.2) is 34.4 Å². The molecule has 1 aliphatic rings. The summed E-state index contributed by atoms with van der Waals surface area (Å²) < 4.78 is 1.68. The summed E-state index contributed by atoms with van der Waals surface area (Å²) in [4.78, 5) is 39.8. The highest BCUT2D eigenvalue weighted by molar-refractivity contribution is 8.00. The molecule has 0 atom stereocenters. The van der Waals surface area contributed by atoms with Gasteiger partial charge in [0.25, 0.3) is 5.91 Å². The molecule has 33 heavy (non-hydrogen) atoms. The summed E-state index contributed by atoms with van der Waals surface area (Å²) in [5.74, 6) is 6.15. The molecule has 0 saturated carbocycles. The summed E-state index contributed by atoms with van der Waals surface area (Å²) in [5.41, 5.74) is 2.55. The summed E-state index contributed by atoms with van der Waals surface area (Å²) >= 11 is 2.89. The standard InChI is InChI=1S/C21H16N8O2S2/c1-11-15(7-6-13-9-22-16-5-4-8-23-29(13)16)33-21-17(11)32-10-14(20(31)28(21)3)25-19(30)18-24-12(2)26-27-18/h4-5,8-9H,10H2,1-3H3,(H,24,26,27)/b25-14+. The lowest BCUT2D eigenvalue weighted by molar-refractivity contribution is -0.112. The molecule has 0 spiro atoms. The van der Waals surface area contributed by atoms with Crippen molar-refractivity contribution in [3.8, 4) is 11.8 Å². The van der Waals surface area contributed by atoms with Gasteiger partial charge < -0.3 is 9.88 Å². The van der Waals surface area contributed by atoms with E-state index < -0.39 is 5.91 Å². The molecule has 0 bridgehead atoms. The minimum absolute atomic E-state index is 0.00935. The van der Waals surface area contributed by atoms with Gasteiger partial charge in [-0.25, -0.2) is 14.5 Å². The molecule has 0 aliphatic carbocycles. The predicted octanol–water partition coefficient (Wildman–Crippen LogP) is 2.28. The molecule has 0 unspecified atom stereocenters. The van der Waals surface area contributed by atoms with Gasteiger partial charge in [0.15, 0.2) is 5.65 Å². The van der Waals surface area contributed by atoms with Crippen molar-refractivity contribution in [3.05, 3.63) is 52.3 Å². The van der Waals surface area contributed by atoms with Gasteiger partial charge in [0.2, 0.25) is 5.82 Å². The van der Waals surface area contributed by atoms with E-state index in [0.717, 1.165) is 26.0 Å². The van der Waals surface area contributed by atoms with E-state index in [-0.39, 0.29) is 23.2 Å². The summed E-state index contributed by atoms with van der Waals surface area (Å²) in [5, 5.41) is 12.6. The highest BCUT2D eigenvalue weighted by atomic mass is 32.2. The Labute approximate surface area is 196 Å². The van der Waals surface area contributed by atoms with Crippen LogP contribution in [0, 0.1) is 25.7 Å². The summed E-state index contributed by atoms with van der Waals surface area (Å²) in [6.45, 7) is 3.66. The van der Waals surface area contributed by atoms with Crippen LogP contribution < -0.4 is 4.90 Å². The number of hydrogen-bond acceptors (Lipinski definition) is 8. The third-order valence-electron chi connectivity index (χ3n) is 4.90. The number of anilines is 1. The van der Waals surface area contributed by atoms with Crippen molar-refractivity contribution < 1.29 is 9.59 Å². The van der Waals surface area contributed by atoms with Gasteiger partial charge in [-0.2, -0.15) is 5.10 Å². The molecule has 164 valence electrons. The fourth-order valence-corrected chi connectivity index (χ4v) is 5.65. The van der Waals surface area contributed by atoms with E-state index in [4.69, 9.17) is 0 Å². The third-order valence-corrected chi connectivity index (χ3v) is 7.52. The van der Waals surface area contributed by atoms with Crippen LogP contribution in [-0.2, 0) is 4.79 Å². The number of aryl methyl sites for hydroxylation is 1. The second-order valence-corrected chi connectivity index (χ2v) is 9.14. The van der Waals surface area contributed by atoms with Crippen molar-refractivity contribution in [2.24, 2.45) is 4.99 Å². The first kappa shape index (κ1) is 21.0. The maximum atomic E-state index is 13.0. The first-order valence-electron chi connectivity index (χ1n) is 9.78. The van der Waals surface area contributed by atoms with Crippen molar-refractivity contribution in [3.63, 3.8) is 0 Å². The summed E-state index contributed by atoms with van der Waals surface area (Å²) in [7, 11) is 1.67. The van der Waals surface area contributed by atoms with Gasteiger partial charge in [0, 0.05) is 23.9 Å².